The minimum Gasteiger partial charge on any atom is -0.271 e. The van der Waals surface area contributed by atoms with Gasteiger partial charge in [0.25, 0.3) is 0 Å². The largest absolute Gasteiger partial charge is 0.271 e. The average Bonchev–Trinajstić information content (AvgIpc) is 2.39. The molecule has 1 unspecified atom stereocenters. The molecule has 0 fully saturated rings. The molecule has 0 radical (unpaired) electrons. The van der Waals surface area contributed by atoms with Gasteiger partial charge in [-0.25, -0.2) is 0 Å². The lowest BCUT2D eigenvalue weighted by Gasteiger charge is -2.18. The molecule has 2 aromatic rings. The molecule has 0 aliphatic carbocycles. The molecule has 1 atom stereocenters. The smallest absolute Gasteiger partial charge is 0.0732 e. The lowest BCUT2D eigenvalue weighted by atomic mass is 10.0. The molecule has 6 heteroatoms. The molecule has 0 bridgehead atoms. The number of pyridine rings is 1. The predicted octanol–water partition coefficient (Wildman–Crippen LogP) is 4.32. The second-order valence-electron chi connectivity index (χ2n) is 4.54. The Hall–Kier alpha value is -0.460. The molecule has 3 N–H and O–H groups in total. The van der Waals surface area contributed by atoms with Crippen LogP contribution in [0.1, 0.15) is 22.9 Å². The predicted molar refractivity (Wildman–Crippen MR) is 89.6 cm³/mol. The van der Waals surface area contributed by atoms with Crippen LogP contribution < -0.4 is 11.3 Å². The highest BCUT2D eigenvalue weighted by molar-refractivity contribution is 9.11. The summed E-state index contributed by atoms with van der Waals surface area (Å²) >= 11 is 13.2. The first-order valence-electron chi connectivity index (χ1n) is 6.03. The molecule has 0 amide bonds. The molecule has 0 spiro atoms. The number of halogens is 3. The zero-order valence-corrected chi connectivity index (χ0v) is 14.8. The number of benzene rings is 1. The van der Waals surface area contributed by atoms with E-state index in [1.54, 1.807) is 6.20 Å². The zero-order valence-electron chi connectivity index (χ0n) is 10.8. The summed E-state index contributed by atoms with van der Waals surface area (Å²) in [5.41, 5.74) is 5.83. The maximum Gasteiger partial charge on any atom is 0.0732 e. The molecular formula is C14H14Br2ClN3. The molecule has 106 valence electrons. The third kappa shape index (κ3) is 3.80. The van der Waals surface area contributed by atoms with Crippen molar-refractivity contribution in [1.82, 2.24) is 10.4 Å². The van der Waals surface area contributed by atoms with Crippen molar-refractivity contribution in [2.45, 2.75) is 19.4 Å². The van der Waals surface area contributed by atoms with E-state index in [1.807, 2.05) is 31.2 Å². The Labute approximate surface area is 140 Å². The van der Waals surface area contributed by atoms with Crippen molar-refractivity contribution < 1.29 is 0 Å². The van der Waals surface area contributed by atoms with Crippen LogP contribution in [0.25, 0.3) is 0 Å². The number of aromatic nitrogens is 1. The van der Waals surface area contributed by atoms with Gasteiger partial charge in [0.15, 0.2) is 0 Å². The first-order chi connectivity index (χ1) is 9.51. The highest BCUT2D eigenvalue weighted by Gasteiger charge is 2.17. The number of hydrazine groups is 1. The maximum atomic E-state index is 6.27. The van der Waals surface area contributed by atoms with Gasteiger partial charge in [-0.15, -0.1) is 0 Å². The Kier molecular flexibility index (Phi) is 5.57. The van der Waals surface area contributed by atoms with Crippen molar-refractivity contribution in [2.24, 2.45) is 5.84 Å². The molecule has 3 nitrogen and oxygen atoms in total. The fraction of sp³-hybridized carbons (Fsp3) is 0.214. The number of nitrogens with zero attached hydrogens (tertiary/aromatic N) is 1. The molecule has 0 aliphatic rings. The van der Waals surface area contributed by atoms with Gasteiger partial charge in [0.2, 0.25) is 0 Å². The summed E-state index contributed by atoms with van der Waals surface area (Å²) in [6.07, 6.45) is 2.42. The molecule has 0 saturated heterocycles. The number of rotatable bonds is 4. The summed E-state index contributed by atoms with van der Waals surface area (Å²) in [5, 5.41) is 0.749. The number of hydrogen-bond acceptors (Lipinski definition) is 3. The lowest BCUT2D eigenvalue weighted by Crippen LogP contribution is -2.30. The molecule has 0 aliphatic heterocycles. The van der Waals surface area contributed by atoms with Gasteiger partial charge in [-0.2, -0.15) is 0 Å². The van der Waals surface area contributed by atoms with Crippen LogP contribution in [-0.2, 0) is 6.42 Å². The van der Waals surface area contributed by atoms with Crippen LogP contribution in [0.2, 0.25) is 5.02 Å². The summed E-state index contributed by atoms with van der Waals surface area (Å²) in [6.45, 7) is 2.02. The van der Waals surface area contributed by atoms with Crippen LogP contribution >= 0.6 is 43.5 Å². The zero-order chi connectivity index (χ0) is 14.7. The van der Waals surface area contributed by atoms with E-state index in [0.717, 1.165) is 30.8 Å². The van der Waals surface area contributed by atoms with E-state index >= 15 is 0 Å². The standard InChI is InChI=1S/C14H14Br2ClN3/c1-8-2-3-9(12(17)4-8)5-13(20-18)14-11(16)6-10(15)7-19-14/h2-4,6-7,13,20H,5,18H2,1H3. The highest BCUT2D eigenvalue weighted by atomic mass is 79.9. The Morgan fingerprint density at radius 1 is 1.35 bits per heavy atom. The first-order valence-corrected chi connectivity index (χ1v) is 7.99. The number of hydrogen-bond donors (Lipinski definition) is 2. The Morgan fingerprint density at radius 2 is 2.10 bits per heavy atom. The second kappa shape index (κ2) is 7.00. The fourth-order valence-electron chi connectivity index (χ4n) is 1.95. The summed E-state index contributed by atoms with van der Waals surface area (Å²) in [7, 11) is 0. The number of nitrogens with two attached hydrogens (primary N) is 1. The van der Waals surface area contributed by atoms with Crippen LogP contribution in [-0.4, -0.2) is 4.98 Å². The Balaban J connectivity index is 2.28. The Morgan fingerprint density at radius 3 is 2.70 bits per heavy atom. The van der Waals surface area contributed by atoms with Gasteiger partial charge in [0.05, 0.1) is 11.7 Å². The van der Waals surface area contributed by atoms with Gasteiger partial charge >= 0.3 is 0 Å². The molecule has 1 heterocycles. The monoisotopic (exact) mass is 417 g/mol. The highest BCUT2D eigenvalue weighted by Crippen LogP contribution is 2.28. The van der Waals surface area contributed by atoms with Crippen molar-refractivity contribution in [1.29, 1.82) is 0 Å². The maximum absolute atomic E-state index is 6.27. The molecule has 2 rings (SSSR count). The third-order valence-electron chi connectivity index (χ3n) is 3.00. The molecule has 0 saturated carbocycles. The van der Waals surface area contributed by atoms with Crippen molar-refractivity contribution in [3.05, 3.63) is 61.3 Å². The van der Waals surface area contributed by atoms with E-state index in [-0.39, 0.29) is 6.04 Å². The minimum atomic E-state index is -0.113. The van der Waals surface area contributed by atoms with Gasteiger partial charge in [-0.05, 0) is 68.5 Å². The molecular weight excluding hydrogens is 405 g/mol. The van der Waals surface area contributed by atoms with Crippen molar-refractivity contribution in [3.8, 4) is 0 Å². The van der Waals surface area contributed by atoms with Crippen LogP contribution in [0.4, 0.5) is 0 Å². The van der Waals surface area contributed by atoms with Crippen LogP contribution in [0, 0.1) is 6.92 Å². The van der Waals surface area contributed by atoms with Gasteiger partial charge in [0.1, 0.15) is 0 Å². The van der Waals surface area contributed by atoms with E-state index in [2.05, 4.69) is 42.3 Å². The van der Waals surface area contributed by atoms with Crippen LogP contribution in [0.5, 0.6) is 0 Å². The summed E-state index contributed by atoms with van der Waals surface area (Å²) < 4.78 is 1.82. The van der Waals surface area contributed by atoms with Crippen molar-refractivity contribution in [2.75, 3.05) is 0 Å². The van der Waals surface area contributed by atoms with Crippen molar-refractivity contribution >= 4 is 43.5 Å². The number of nitrogens with one attached hydrogen (secondary N) is 1. The van der Waals surface area contributed by atoms with Gasteiger partial charge < -0.3 is 0 Å². The lowest BCUT2D eigenvalue weighted by molar-refractivity contribution is 0.536. The van der Waals surface area contributed by atoms with Gasteiger partial charge in [-0.1, -0.05) is 23.7 Å². The molecule has 1 aromatic carbocycles. The summed E-state index contributed by atoms with van der Waals surface area (Å²) in [6, 6.07) is 7.85. The average molecular weight is 420 g/mol. The topological polar surface area (TPSA) is 50.9 Å². The third-order valence-corrected chi connectivity index (χ3v) is 4.42. The summed E-state index contributed by atoms with van der Waals surface area (Å²) in [4.78, 5) is 4.41. The second-order valence-corrected chi connectivity index (χ2v) is 6.72. The van der Waals surface area contributed by atoms with Gasteiger partial charge in [-0.3, -0.25) is 16.3 Å². The van der Waals surface area contributed by atoms with E-state index in [1.165, 1.54) is 0 Å². The van der Waals surface area contributed by atoms with E-state index < -0.39 is 0 Å². The van der Waals surface area contributed by atoms with E-state index in [9.17, 15) is 0 Å². The van der Waals surface area contributed by atoms with Crippen LogP contribution in [0.15, 0.2) is 39.4 Å². The number of aryl methyl sites for hydroxylation is 1. The van der Waals surface area contributed by atoms with Gasteiger partial charge in [0, 0.05) is 20.2 Å². The van der Waals surface area contributed by atoms with E-state index in [0.29, 0.717) is 6.42 Å². The first kappa shape index (κ1) is 15.9. The minimum absolute atomic E-state index is 0.113. The quantitative estimate of drug-likeness (QED) is 0.573. The molecule has 20 heavy (non-hydrogen) atoms. The fourth-order valence-corrected chi connectivity index (χ4v) is 3.53. The normalized spacial score (nSPS) is 12.4. The molecule has 1 aromatic heterocycles. The SMILES string of the molecule is Cc1ccc(CC(NN)c2ncc(Br)cc2Br)c(Cl)c1. The Bertz CT molecular complexity index is 619. The van der Waals surface area contributed by atoms with Crippen LogP contribution in [0.3, 0.4) is 0 Å². The van der Waals surface area contributed by atoms with E-state index in [4.69, 9.17) is 17.4 Å². The summed E-state index contributed by atoms with van der Waals surface area (Å²) in [5.74, 6) is 5.67. The van der Waals surface area contributed by atoms with Crippen molar-refractivity contribution in [3.63, 3.8) is 0 Å².